The van der Waals surface area contributed by atoms with Crippen molar-refractivity contribution < 1.29 is 9.28 Å². The Morgan fingerprint density at radius 2 is 1.48 bits per heavy atom. The molecule has 1 atom stereocenters. The molecule has 4 rings (SSSR count). The van der Waals surface area contributed by atoms with Crippen LogP contribution in [-0.4, -0.2) is 52.6 Å². The molecule has 1 amide bonds. The summed E-state index contributed by atoms with van der Waals surface area (Å²) in [5.41, 5.74) is 15.3. The number of aryl methyl sites for hydroxylation is 2. The van der Waals surface area contributed by atoms with Crippen LogP contribution in [0.2, 0.25) is 5.15 Å². The quantitative estimate of drug-likeness (QED) is 0.318. The van der Waals surface area contributed by atoms with Gasteiger partial charge in [-0.3, -0.25) is 4.79 Å². The number of nitrogens with two attached hydrogens (primary N) is 2. The Hall–Kier alpha value is -4.18. The fraction of sp³-hybridized carbons (Fsp3) is 0.367. The number of hydrogen-bond acceptors (Lipinski definition) is 7. The predicted octanol–water partition coefficient (Wildman–Crippen LogP) is 4.01. The van der Waals surface area contributed by atoms with Crippen molar-refractivity contribution in [2.24, 2.45) is 0 Å². The second-order valence-electron chi connectivity index (χ2n) is 10.5. The first-order chi connectivity index (χ1) is 19.3. The normalized spacial score (nSPS) is 16.0. The summed E-state index contributed by atoms with van der Waals surface area (Å²) in [6, 6.07) is 19.8. The van der Waals surface area contributed by atoms with E-state index in [1.165, 1.54) is 11.1 Å². The number of carbonyl (C=O) groups excluding carboxylic acids is 1. The van der Waals surface area contributed by atoms with Crippen molar-refractivity contribution in [3.8, 4) is 12.1 Å². The van der Waals surface area contributed by atoms with E-state index in [1.54, 1.807) is 0 Å². The highest BCUT2D eigenvalue weighted by atomic mass is 35.5. The number of hydrogen-bond donors (Lipinski definition) is 3. The molecule has 10 heteroatoms. The molecule has 2 aromatic carbocycles. The van der Waals surface area contributed by atoms with Gasteiger partial charge in [-0.2, -0.15) is 10.5 Å². The summed E-state index contributed by atoms with van der Waals surface area (Å²) in [6.45, 7) is 3.82. The van der Waals surface area contributed by atoms with Crippen molar-refractivity contribution >= 4 is 29.1 Å². The molecule has 9 nitrogen and oxygen atoms in total. The number of likely N-dealkylation sites (tertiary alicyclic amines) is 1. The van der Waals surface area contributed by atoms with E-state index < -0.39 is 5.91 Å². The number of piperidine rings is 1. The van der Waals surface area contributed by atoms with Gasteiger partial charge in [0.05, 0.1) is 55.5 Å². The molecule has 1 fully saturated rings. The summed E-state index contributed by atoms with van der Waals surface area (Å²) in [4.78, 5) is 21.1. The minimum atomic E-state index is -0.396. The molecule has 5 N–H and O–H groups in total. The van der Waals surface area contributed by atoms with Gasteiger partial charge in [-0.25, -0.2) is 9.97 Å². The maximum absolute atomic E-state index is 13.1. The largest absolute Gasteiger partial charge is 0.382 e. The van der Waals surface area contributed by atoms with Crippen LogP contribution in [0.4, 0.5) is 11.6 Å². The van der Waals surface area contributed by atoms with Crippen molar-refractivity contribution in [1.29, 1.82) is 10.5 Å². The molecule has 0 unspecified atom stereocenters. The van der Waals surface area contributed by atoms with Crippen molar-refractivity contribution in [2.45, 2.75) is 44.6 Å². The minimum absolute atomic E-state index is 0.00593. The number of anilines is 2. The zero-order valence-corrected chi connectivity index (χ0v) is 23.2. The number of aromatic nitrogens is 2. The molecule has 1 saturated heterocycles. The first-order valence-electron chi connectivity index (χ1n) is 13.5. The number of benzene rings is 2. The molecule has 0 aliphatic carbocycles. The highest BCUT2D eigenvalue weighted by Gasteiger charge is 2.35. The van der Waals surface area contributed by atoms with Crippen LogP contribution in [-0.2, 0) is 12.8 Å². The van der Waals surface area contributed by atoms with Crippen molar-refractivity contribution in [2.75, 3.05) is 37.6 Å². The van der Waals surface area contributed by atoms with Gasteiger partial charge in [0, 0.05) is 12.8 Å². The molecule has 1 aliphatic heterocycles. The van der Waals surface area contributed by atoms with Crippen LogP contribution in [0.15, 0.2) is 48.5 Å². The molecule has 40 heavy (non-hydrogen) atoms. The molecule has 206 valence electrons. The third-order valence-corrected chi connectivity index (χ3v) is 7.89. The van der Waals surface area contributed by atoms with E-state index in [2.05, 4.69) is 27.4 Å². The number of nitriles is 2. The topological polar surface area (TPSA) is 155 Å². The molecular formula is C30H34ClN8O+. The van der Waals surface area contributed by atoms with Crippen LogP contribution >= 0.6 is 11.6 Å². The summed E-state index contributed by atoms with van der Waals surface area (Å²) in [7, 11) is 0. The molecule has 0 radical (unpaired) electrons. The van der Waals surface area contributed by atoms with Gasteiger partial charge in [0.25, 0.3) is 5.91 Å². The Balaban J connectivity index is 1.44. The van der Waals surface area contributed by atoms with Crippen LogP contribution in [0.1, 0.15) is 58.4 Å². The Bertz CT molecular complexity index is 1350. The van der Waals surface area contributed by atoms with E-state index in [9.17, 15) is 4.79 Å². The van der Waals surface area contributed by atoms with Gasteiger partial charge in [0.1, 0.15) is 0 Å². The average molecular weight is 558 g/mol. The molecule has 1 aromatic heterocycles. The second kappa shape index (κ2) is 13.3. The van der Waals surface area contributed by atoms with Crippen molar-refractivity contribution in [3.63, 3.8) is 0 Å². The van der Waals surface area contributed by atoms with Crippen LogP contribution in [0, 0.1) is 22.7 Å². The average Bonchev–Trinajstić information content (AvgIpc) is 2.96. The SMILES string of the molecule is N#Cc1ccc(CCC[N+]2(CCCc3ccc(C#N)cc3)CCC[C@H](NC(=O)c3nc(Cl)c(N)nc3N)C2)cc1. The van der Waals surface area contributed by atoms with E-state index in [0.717, 1.165) is 69.2 Å². The minimum Gasteiger partial charge on any atom is -0.382 e. The number of halogens is 1. The lowest BCUT2D eigenvalue weighted by atomic mass is 9.98. The van der Waals surface area contributed by atoms with Gasteiger partial charge >= 0.3 is 0 Å². The van der Waals surface area contributed by atoms with Crippen LogP contribution in [0.3, 0.4) is 0 Å². The first kappa shape index (κ1) is 28.8. The molecule has 0 saturated carbocycles. The number of rotatable bonds is 10. The number of quaternary nitrogens is 1. The molecule has 3 aromatic rings. The maximum atomic E-state index is 13.1. The lowest BCUT2D eigenvalue weighted by molar-refractivity contribution is -0.933. The number of nitrogen functional groups attached to an aromatic ring is 2. The lowest BCUT2D eigenvalue weighted by Crippen LogP contribution is -2.60. The Morgan fingerprint density at radius 3 is 2.00 bits per heavy atom. The molecule has 1 aliphatic rings. The van der Waals surface area contributed by atoms with Gasteiger partial charge in [0.2, 0.25) is 0 Å². The Labute approximate surface area is 240 Å². The Kier molecular flexibility index (Phi) is 9.55. The molecule has 0 bridgehead atoms. The third kappa shape index (κ3) is 7.47. The molecule has 0 spiro atoms. The van der Waals surface area contributed by atoms with Gasteiger partial charge in [-0.05, 0) is 61.1 Å². The first-order valence-corrected chi connectivity index (χ1v) is 13.9. The fourth-order valence-corrected chi connectivity index (χ4v) is 5.68. The maximum Gasteiger partial charge on any atom is 0.274 e. The fourth-order valence-electron chi connectivity index (χ4n) is 5.55. The number of amides is 1. The van der Waals surface area contributed by atoms with Gasteiger partial charge in [0.15, 0.2) is 22.5 Å². The summed E-state index contributed by atoms with van der Waals surface area (Å²) in [5, 5.41) is 21.2. The zero-order chi connectivity index (χ0) is 28.5. The zero-order valence-electron chi connectivity index (χ0n) is 22.4. The number of nitrogens with zero attached hydrogens (tertiary/aromatic N) is 5. The van der Waals surface area contributed by atoms with E-state index in [0.29, 0.717) is 11.1 Å². The summed E-state index contributed by atoms with van der Waals surface area (Å²) >= 11 is 6.00. The summed E-state index contributed by atoms with van der Waals surface area (Å²) in [5.74, 6) is -0.443. The van der Waals surface area contributed by atoms with Crippen molar-refractivity contribution in [1.82, 2.24) is 15.3 Å². The van der Waals surface area contributed by atoms with E-state index in [1.807, 2.05) is 48.5 Å². The van der Waals surface area contributed by atoms with Crippen molar-refractivity contribution in [3.05, 3.63) is 81.6 Å². The van der Waals surface area contributed by atoms with Gasteiger partial charge in [-0.15, -0.1) is 0 Å². The summed E-state index contributed by atoms with van der Waals surface area (Å²) in [6.07, 6.45) is 5.70. The highest BCUT2D eigenvalue weighted by molar-refractivity contribution is 6.31. The van der Waals surface area contributed by atoms with Gasteiger partial charge < -0.3 is 21.3 Å². The standard InChI is InChI=1S/C30H33ClN8O/c31-27-29(35)38-28(34)26(37-27)30(40)36-25-6-3-17-39(20-25,15-1-4-21-7-11-23(18-32)12-8-21)16-2-5-22-9-13-24(19-33)14-10-22/h7-14,25H,1-6,15-17,20H2,(H4-,34,35,36,38,40)/p+1/t25-/m0/s1. The molecular weight excluding hydrogens is 524 g/mol. The smallest absolute Gasteiger partial charge is 0.274 e. The van der Waals surface area contributed by atoms with Crippen LogP contribution < -0.4 is 16.8 Å². The van der Waals surface area contributed by atoms with E-state index in [4.69, 9.17) is 33.6 Å². The lowest BCUT2D eigenvalue weighted by Gasteiger charge is -2.45. The summed E-state index contributed by atoms with van der Waals surface area (Å²) < 4.78 is 0.904. The van der Waals surface area contributed by atoms with E-state index >= 15 is 0 Å². The highest BCUT2D eigenvalue weighted by Crippen LogP contribution is 2.24. The monoisotopic (exact) mass is 557 g/mol. The Morgan fingerprint density at radius 1 is 0.925 bits per heavy atom. The third-order valence-electron chi connectivity index (χ3n) is 7.61. The van der Waals surface area contributed by atoms with Gasteiger partial charge in [-0.1, -0.05) is 35.9 Å². The second-order valence-corrected chi connectivity index (χ2v) is 10.8. The number of carbonyl (C=O) groups is 1. The number of nitrogens with one attached hydrogen (secondary N) is 1. The predicted molar refractivity (Wildman–Crippen MR) is 155 cm³/mol. The molecule has 2 heterocycles. The van der Waals surface area contributed by atoms with Crippen LogP contribution in [0.25, 0.3) is 0 Å². The van der Waals surface area contributed by atoms with E-state index in [-0.39, 0.29) is 28.5 Å². The van der Waals surface area contributed by atoms with Crippen LogP contribution in [0.5, 0.6) is 0 Å².